The first-order chi connectivity index (χ1) is 11.1. The second-order valence-electron chi connectivity index (χ2n) is 4.41. The molecule has 2 rings (SSSR count). The van der Waals surface area contributed by atoms with Crippen LogP contribution in [0.4, 0.5) is 34.1 Å². The molecular formula is C12H12N6O6. The molecule has 2 aromatic rings. The van der Waals surface area contributed by atoms with Crippen molar-refractivity contribution in [1.82, 2.24) is 0 Å². The minimum absolute atomic E-state index is 0.604. The van der Waals surface area contributed by atoms with E-state index in [-0.39, 0.29) is 0 Å². The zero-order chi connectivity index (χ0) is 18.4. The van der Waals surface area contributed by atoms with E-state index in [0.717, 1.165) is 0 Å². The fourth-order valence-corrected chi connectivity index (χ4v) is 1.60. The van der Waals surface area contributed by atoms with Crippen molar-refractivity contribution in [2.45, 2.75) is 0 Å². The van der Waals surface area contributed by atoms with E-state index in [2.05, 4.69) is 0 Å². The molecule has 0 fully saturated rings. The monoisotopic (exact) mass is 336 g/mol. The maximum absolute atomic E-state index is 10.3. The number of non-ortho nitro benzene ring substituents is 3. The quantitative estimate of drug-likeness (QED) is 0.423. The third kappa shape index (κ3) is 5.10. The Kier molecular flexibility index (Phi) is 5.54. The highest BCUT2D eigenvalue weighted by Crippen LogP contribution is 2.26. The number of hydrogen-bond acceptors (Lipinski definition) is 9. The molecule has 0 atom stereocenters. The summed E-state index contributed by atoms with van der Waals surface area (Å²) in [5.41, 5.74) is 16.0. The van der Waals surface area contributed by atoms with Gasteiger partial charge in [-0.25, -0.2) is 0 Å². The van der Waals surface area contributed by atoms with Gasteiger partial charge in [-0.2, -0.15) is 0 Å². The van der Waals surface area contributed by atoms with Crippen LogP contribution in [0.3, 0.4) is 0 Å². The number of benzene rings is 2. The zero-order valence-corrected chi connectivity index (χ0v) is 12.0. The van der Waals surface area contributed by atoms with Crippen molar-refractivity contribution in [2.24, 2.45) is 0 Å². The summed E-state index contributed by atoms with van der Waals surface area (Å²) in [4.78, 5) is 28.1. The van der Waals surface area contributed by atoms with Crippen molar-refractivity contribution in [3.63, 3.8) is 0 Å². The van der Waals surface area contributed by atoms with E-state index in [1.54, 1.807) is 18.2 Å². The molecule has 126 valence electrons. The molecule has 0 aromatic heterocycles. The van der Waals surface area contributed by atoms with E-state index in [1.807, 2.05) is 0 Å². The summed E-state index contributed by atoms with van der Waals surface area (Å²) in [5.74, 6) is 0. The molecule has 0 spiro atoms. The van der Waals surface area contributed by atoms with Crippen LogP contribution in [0.15, 0.2) is 36.4 Å². The Hall–Kier alpha value is -3.96. The molecular weight excluding hydrogens is 324 g/mol. The number of nitrogen functional groups attached to an aromatic ring is 3. The smallest absolute Gasteiger partial charge is 0.283 e. The molecule has 0 radical (unpaired) electrons. The van der Waals surface area contributed by atoms with E-state index in [4.69, 9.17) is 17.2 Å². The Labute approximate surface area is 133 Å². The summed E-state index contributed by atoms with van der Waals surface area (Å²) < 4.78 is 0. The number of nitrogens with zero attached hydrogens (tertiary/aromatic N) is 3. The second kappa shape index (κ2) is 7.35. The summed E-state index contributed by atoms with van der Waals surface area (Å²) >= 11 is 0. The van der Waals surface area contributed by atoms with Crippen LogP contribution in [-0.2, 0) is 0 Å². The predicted octanol–water partition coefficient (Wildman–Crippen LogP) is 1.84. The molecule has 0 saturated carbocycles. The number of anilines is 3. The van der Waals surface area contributed by atoms with E-state index >= 15 is 0 Å². The third-order valence-electron chi connectivity index (χ3n) is 2.52. The first kappa shape index (κ1) is 18.1. The highest BCUT2D eigenvalue weighted by molar-refractivity contribution is 5.61. The summed E-state index contributed by atoms with van der Waals surface area (Å²) in [6, 6.07) is 6.97. The van der Waals surface area contributed by atoms with Crippen molar-refractivity contribution in [3.05, 3.63) is 66.7 Å². The fourth-order valence-electron chi connectivity index (χ4n) is 1.60. The van der Waals surface area contributed by atoms with E-state index in [0.29, 0.717) is 35.3 Å². The molecule has 2 aromatic carbocycles. The molecule has 6 N–H and O–H groups in total. The van der Waals surface area contributed by atoms with Crippen molar-refractivity contribution < 1.29 is 14.8 Å². The third-order valence-corrected chi connectivity index (χ3v) is 2.52. The van der Waals surface area contributed by atoms with Gasteiger partial charge in [-0.15, -0.1) is 0 Å². The van der Waals surface area contributed by atoms with Gasteiger partial charge in [0.25, 0.3) is 17.1 Å². The molecule has 0 amide bonds. The minimum atomic E-state index is -0.931. The molecule has 0 bridgehead atoms. The number of nitro groups is 3. The van der Waals surface area contributed by atoms with Crippen LogP contribution >= 0.6 is 0 Å². The van der Waals surface area contributed by atoms with Gasteiger partial charge >= 0.3 is 0 Å². The Morgan fingerprint density at radius 1 is 0.542 bits per heavy atom. The van der Waals surface area contributed by atoms with Crippen LogP contribution < -0.4 is 17.2 Å². The summed E-state index contributed by atoms with van der Waals surface area (Å²) in [6.45, 7) is 0. The number of nitrogens with two attached hydrogens (primary N) is 3. The molecule has 0 unspecified atom stereocenters. The van der Waals surface area contributed by atoms with E-state index in [9.17, 15) is 30.3 Å². The van der Waals surface area contributed by atoms with Gasteiger partial charge in [-0.1, -0.05) is 0 Å². The largest absolute Gasteiger partial charge is 0.399 e. The van der Waals surface area contributed by atoms with Gasteiger partial charge in [0.05, 0.1) is 33.0 Å². The van der Waals surface area contributed by atoms with Crippen LogP contribution in [0, 0.1) is 30.3 Å². The van der Waals surface area contributed by atoms with Crippen molar-refractivity contribution in [1.29, 1.82) is 0 Å². The second-order valence-corrected chi connectivity index (χ2v) is 4.41. The predicted molar refractivity (Wildman–Crippen MR) is 86.1 cm³/mol. The van der Waals surface area contributed by atoms with Gasteiger partial charge in [0, 0.05) is 17.1 Å². The van der Waals surface area contributed by atoms with Gasteiger partial charge in [0.2, 0.25) is 0 Å². The highest BCUT2D eigenvalue weighted by Gasteiger charge is 2.21. The number of nitro benzene ring substituents is 3. The number of rotatable bonds is 3. The first-order valence-electron chi connectivity index (χ1n) is 6.10. The van der Waals surface area contributed by atoms with Gasteiger partial charge in [-0.3, -0.25) is 30.3 Å². The molecule has 0 aliphatic carbocycles. The molecule has 0 aliphatic rings. The zero-order valence-electron chi connectivity index (χ0n) is 12.0. The molecule has 0 aliphatic heterocycles. The lowest BCUT2D eigenvalue weighted by Gasteiger charge is -1.97. The summed E-state index contributed by atoms with van der Waals surface area (Å²) in [5, 5.41) is 30.9. The van der Waals surface area contributed by atoms with Crippen LogP contribution in [0.5, 0.6) is 0 Å². The van der Waals surface area contributed by atoms with Crippen LogP contribution in [-0.4, -0.2) is 14.8 Å². The SMILES string of the molecule is Nc1cc(N)cc(N)c1.O=[N+]([O-])c1cc([N+](=O)[O-])cc([N+](=O)[O-])c1. The maximum Gasteiger partial charge on any atom is 0.283 e. The highest BCUT2D eigenvalue weighted by atomic mass is 16.6. The Morgan fingerprint density at radius 2 is 0.750 bits per heavy atom. The van der Waals surface area contributed by atoms with E-state index < -0.39 is 31.8 Å². The average molecular weight is 336 g/mol. The van der Waals surface area contributed by atoms with Crippen molar-refractivity contribution in [2.75, 3.05) is 17.2 Å². The minimum Gasteiger partial charge on any atom is -0.399 e. The Balaban J connectivity index is 0.000000272. The molecule has 12 heteroatoms. The molecule has 24 heavy (non-hydrogen) atoms. The topological polar surface area (TPSA) is 207 Å². The molecule has 0 heterocycles. The Morgan fingerprint density at radius 3 is 0.917 bits per heavy atom. The van der Waals surface area contributed by atoms with Gasteiger partial charge in [0.15, 0.2) is 0 Å². The standard InChI is InChI=1S/C6H3N3O6.C6H9N3/c10-7(11)4-1-5(8(12)13)3-6(2-4)9(14)15;7-4-1-5(8)3-6(9)2-4/h1-3H;1-3H,7-9H2. The summed E-state index contributed by atoms with van der Waals surface area (Å²) in [7, 11) is 0. The van der Waals surface area contributed by atoms with Crippen LogP contribution in [0.2, 0.25) is 0 Å². The van der Waals surface area contributed by atoms with Gasteiger partial charge in [0.1, 0.15) is 0 Å². The van der Waals surface area contributed by atoms with Crippen LogP contribution in [0.1, 0.15) is 0 Å². The number of hydrogen-bond donors (Lipinski definition) is 3. The molecule has 0 saturated heterocycles. The summed E-state index contributed by atoms with van der Waals surface area (Å²) in [6.07, 6.45) is 0. The lowest BCUT2D eigenvalue weighted by molar-refractivity contribution is -0.403. The Bertz CT molecular complexity index is 679. The van der Waals surface area contributed by atoms with E-state index in [1.165, 1.54) is 0 Å². The normalized spacial score (nSPS) is 9.50. The van der Waals surface area contributed by atoms with Gasteiger partial charge in [-0.05, 0) is 18.2 Å². The van der Waals surface area contributed by atoms with Crippen molar-refractivity contribution in [3.8, 4) is 0 Å². The molecule has 12 nitrogen and oxygen atoms in total. The first-order valence-corrected chi connectivity index (χ1v) is 6.10. The van der Waals surface area contributed by atoms with Crippen molar-refractivity contribution >= 4 is 34.1 Å². The lowest BCUT2D eigenvalue weighted by atomic mass is 10.2. The van der Waals surface area contributed by atoms with Gasteiger partial charge < -0.3 is 17.2 Å². The average Bonchev–Trinajstić information content (AvgIpc) is 2.45. The van der Waals surface area contributed by atoms with Crippen LogP contribution in [0.25, 0.3) is 0 Å². The lowest BCUT2D eigenvalue weighted by Crippen LogP contribution is -1.96. The maximum atomic E-state index is 10.3. The fraction of sp³-hybridized carbons (Fsp3) is 0.